The van der Waals surface area contributed by atoms with E-state index in [1.165, 1.54) is 0 Å². The lowest BCUT2D eigenvalue weighted by atomic mass is 9.95. The molecule has 3 rings (SSSR count). The van der Waals surface area contributed by atoms with Crippen molar-refractivity contribution in [1.82, 2.24) is 0 Å². The molecule has 174 valence electrons. The minimum absolute atomic E-state index is 0.117. The molecule has 3 aromatic carbocycles. The number of hydrogen-bond donors (Lipinski definition) is 2. The maximum Gasteiger partial charge on any atom is 0.307 e. The summed E-state index contributed by atoms with van der Waals surface area (Å²) in [5.74, 6) is -0.713. The number of carbonyl (C=O) groups is 1. The first-order valence-electron chi connectivity index (χ1n) is 11.0. The second-order valence-electron chi connectivity index (χ2n) is 8.10. The van der Waals surface area contributed by atoms with Crippen LogP contribution in [0.25, 0.3) is 11.1 Å². The SMILES string of the molecule is COCCCc1cc(COc2ccccc2CC(=O)O)cc(-c2cccc([C@@H](C)N)c2F)c1. The fourth-order valence-corrected chi connectivity index (χ4v) is 3.81. The number of aliphatic carboxylic acids is 1. The van der Waals surface area contributed by atoms with E-state index in [0.717, 1.165) is 29.5 Å². The van der Waals surface area contributed by atoms with Gasteiger partial charge < -0.3 is 20.3 Å². The van der Waals surface area contributed by atoms with Crippen molar-refractivity contribution in [2.45, 2.75) is 38.8 Å². The molecule has 0 aliphatic carbocycles. The fraction of sp³-hybridized carbons (Fsp3) is 0.296. The maximum absolute atomic E-state index is 15.2. The number of nitrogens with two attached hydrogens (primary N) is 1. The molecule has 0 amide bonds. The van der Waals surface area contributed by atoms with Crippen molar-refractivity contribution in [3.05, 3.63) is 88.7 Å². The van der Waals surface area contributed by atoms with Gasteiger partial charge in [0.25, 0.3) is 0 Å². The normalized spacial score (nSPS) is 11.9. The molecule has 1 atom stereocenters. The van der Waals surface area contributed by atoms with Crippen LogP contribution < -0.4 is 10.5 Å². The van der Waals surface area contributed by atoms with Crippen LogP contribution in [0.1, 0.15) is 41.6 Å². The number of rotatable bonds is 11. The number of aryl methyl sites for hydroxylation is 1. The lowest BCUT2D eigenvalue weighted by molar-refractivity contribution is -0.136. The van der Waals surface area contributed by atoms with E-state index < -0.39 is 12.0 Å². The molecular weight excluding hydrogens is 421 g/mol. The Labute approximate surface area is 194 Å². The number of halogens is 1. The molecule has 0 saturated heterocycles. The maximum atomic E-state index is 15.2. The Hall–Kier alpha value is -3.22. The zero-order chi connectivity index (χ0) is 23.8. The summed E-state index contributed by atoms with van der Waals surface area (Å²) in [7, 11) is 1.67. The largest absolute Gasteiger partial charge is 0.489 e. The topological polar surface area (TPSA) is 81.8 Å². The lowest BCUT2D eigenvalue weighted by Crippen LogP contribution is -2.08. The van der Waals surface area contributed by atoms with Crippen LogP contribution in [-0.2, 0) is 29.0 Å². The molecular formula is C27H30FNO4. The summed E-state index contributed by atoms with van der Waals surface area (Å²) in [5.41, 5.74) is 10.2. The number of hydrogen-bond acceptors (Lipinski definition) is 4. The second-order valence-corrected chi connectivity index (χ2v) is 8.10. The number of ether oxygens (including phenoxy) is 2. The van der Waals surface area contributed by atoms with Crippen LogP contribution >= 0.6 is 0 Å². The first-order valence-corrected chi connectivity index (χ1v) is 11.0. The molecule has 0 unspecified atom stereocenters. The van der Waals surface area contributed by atoms with E-state index in [0.29, 0.717) is 29.0 Å². The third-order valence-corrected chi connectivity index (χ3v) is 5.41. The highest BCUT2D eigenvalue weighted by atomic mass is 19.1. The van der Waals surface area contributed by atoms with E-state index in [1.807, 2.05) is 30.3 Å². The Kier molecular flexibility index (Phi) is 8.58. The lowest BCUT2D eigenvalue weighted by Gasteiger charge is -2.15. The van der Waals surface area contributed by atoms with E-state index in [4.69, 9.17) is 20.3 Å². The van der Waals surface area contributed by atoms with Gasteiger partial charge in [-0.3, -0.25) is 4.79 Å². The van der Waals surface area contributed by atoms with Crippen molar-refractivity contribution < 1.29 is 23.8 Å². The van der Waals surface area contributed by atoms with Crippen molar-refractivity contribution in [3.8, 4) is 16.9 Å². The molecule has 0 radical (unpaired) electrons. The van der Waals surface area contributed by atoms with E-state index in [1.54, 1.807) is 44.4 Å². The van der Waals surface area contributed by atoms with Crippen molar-refractivity contribution in [3.63, 3.8) is 0 Å². The fourth-order valence-electron chi connectivity index (χ4n) is 3.81. The second kappa shape index (κ2) is 11.6. The highest BCUT2D eigenvalue weighted by Gasteiger charge is 2.15. The third-order valence-electron chi connectivity index (χ3n) is 5.41. The summed E-state index contributed by atoms with van der Waals surface area (Å²) in [6.45, 7) is 2.63. The number of benzene rings is 3. The summed E-state index contributed by atoms with van der Waals surface area (Å²) in [6.07, 6.45) is 1.50. The summed E-state index contributed by atoms with van der Waals surface area (Å²) < 4.78 is 26.4. The Morgan fingerprint density at radius 1 is 1.09 bits per heavy atom. The predicted molar refractivity (Wildman–Crippen MR) is 127 cm³/mol. The highest BCUT2D eigenvalue weighted by Crippen LogP contribution is 2.30. The van der Waals surface area contributed by atoms with E-state index in [2.05, 4.69) is 0 Å². The molecule has 6 heteroatoms. The zero-order valence-corrected chi connectivity index (χ0v) is 19.0. The van der Waals surface area contributed by atoms with E-state index in [9.17, 15) is 4.79 Å². The van der Waals surface area contributed by atoms with E-state index in [-0.39, 0.29) is 18.8 Å². The third kappa shape index (κ3) is 6.63. The molecule has 5 nitrogen and oxygen atoms in total. The molecule has 0 fully saturated rings. The van der Waals surface area contributed by atoms with E-state index >= 15 is 4.39 Å². The number of methoxy groups -OCH3 is 1. The van der Waals surface area contributed by atoms with Crippen LogP contribution in [0, 0.1) is 5.82 Å². The molecule has 0 saturated carbocycles. The predicted octanol–water partition coefficient (Wildman–Crippen LogP) is 5.30. The minimum atomic E-state index is -0.919. The molecule has 0 aromatic heterocycles. The molecule has 0 bridgehead atoms. The van der Waals surface area contributed by atoms with Gasteiger partial charge in [-0.1, -0.05) is 48.5 Å². The zero-order valence-electron chi connectivity index (χ0n) is 19.0. The summed E-state index contributed by atoms with van der Waals surface area (Å²) in [5, 5.41) is 9.16. The average Bonchev–Trinajstić information content (AvgIpc) is 2.78. The standard InChI is InChI=1S/C27H30FNO4/c1-18(29)23-9-5-10-24(27(23)28)22-14-19(7-6-12-32-2)13-20(15-22)17-33-25-11-4-3-8-21(25)16-26(30)31/h3-5,8-11,13-15,18H,6-7,12,16-17,29H2,1-2H3,(H,30,31)/t18-/m1/s1. The summed E-state index contributed by atoms with van der Waals surface area (Å²) in [6, 6.07) is 17.9. The number of carboxylic acid groups (broad SMARTS) is 1. The van der Waals surface area contributed by atoms with Gasteiger partial charge in [-0.05, 0) is 48.6 Å². The van der Waals surface area contributed by atoms with Crippen molar-refractivity contribution in [1.29, 1.82) is 0 Å². The monoisotopic (exact) mass is 451 g/mol. The Balaban J connectivity index is 1.93. The Bertz CT molecular complexity index is 1100. The van der Waals surface area contributed by atoms with Crippen molar-refractivity contribution in [2.75, 3.05) is 13.7 Å². The first kappa shape index (κ1) is 24.4. The number of para-hydroxylation sites is 1. The van der Waals surface area contributed by atoms with Gasteiger partial charge in [0.15, 0.2) is 0 Å². The van der Waals surface area contributed by atoms with Crippen LogP contribution in [0.3, 0.4) is 0 Å². The van der Waals surface area contributed by atoms with Crippen LogP contribution in [-0.4, -0.2) is 24.8 Å². The van der Waals surface area contributed by atoms with Crippen LogP contribution in [0.2, 0.25) is 0 Å². The molecule has 33 heavy (non-hydrogen) atoms. The molecule has 3 aromatic rings. The van der Waals surface area contributed by atoms with Crippen molar-refractivity contribution in [2.24, 2.45) is 5.73 Å². The summed E-state index contributed by atoms with van der Waals surface area (Å²) in [4.78, 5) is 11.2. The minimum Gasteiger partial charge on any atom is -0.489 e. The summed E-state index contributed by atoms with van der Waals surface area (Å²) >= 11 is 0. The van der Waals surface area contributed by atoms with Gasteiger partial charge in [0.05, 0.1) is 6.42 Å². The quantitative estimate of drug-likeness (QED) is 0.387. The number of carboxylic acids is 1. The van der Waals surface area contributed by atoms with Gasteiger partial charge >= 0.3 is 5.97 Å². The highest BCUT2D eigenvalue weighted by molar-refractivity contribution is 5.71. The van der Waals surface area contributed by atoms with Gasteiger partial charge in [-0.25, -0.2) is 4.39 Å². The Morgan fingerprint density at radius 2 is 1.85 bits per heavy atom. The molecule has 3 N–H and O–H groups in total. The Morgan fingerprint density at radius 3 is 2.58 bits per heavy atom. The van der Waals surface area contributed by atoms with Gasteiger partial charge in [-0.15, -0.1) is 0 Å². The van der Waals surface area contributed by atoms with Crippen molar-refractivity contribution >= 4 is 5.97 Å². The molecule has 0 spiro atoms. The van der Waals surface area contributed by atoms with Gasteiger partial charge in [0.2, 0.25) is 0 Å². The van der Waals surface area contributed by atoms with Crippen LogP contribution in [0.15, 0.2) is 60.7 Å². The molecule has 0 heterocycles. The first-order chi connectivity index (χ1) is 15.9. The molecule has 0 aliphatic heterocycles. The smallest absolute Gasteiger partial charge is 0.307 e. The van der Waals surface area contributed by atoms with Crippen LogP contribution in [0.5, 0.6) is 5.75 Å². The van der Waals surface area contributed by atoms with Gasteiger partial charge in [-0.2, -0.15) is 0 Å². The van der Waals surface area contributed by atoms with Gasteiger partial charge in [0.1, 0.15) is 18.2 Å². The van der Waals surface area contributed by atoms with Crippen LogP contribution in [0.4, 0.5) is 4.39 Å². The molecule has 0 aliphatic rings. The van der Waals surface area contributed by atoms with Gasteiger partial charge in [0, 0.05) is 36.4 Å². The average molecular weight is 452 g/mol.